The molecular formula is C15H23NO2. The van der Waals surface area contributed by atoms with Crippen molar-refractivity contribution in [3.05, 3.63) is 28.8 Å². The van der Waals surface area contributed by atoms with Gasteiger partial charge in [-0.05, 0) is 37.6 Å². The Balaban J connectivity index is 3.04. The summed E-state index contributed by atoms with van der Waals surface area (Å²) in [5.41, 5.74) is 2.81. The molecule has 1 N–H and O–H groups in total. The molecule has 0 saturated heterocycles. The predicted molar refractivity (Wildman–Crippen MR) is 74.5 cm³/mol. The van der Waals surface area contributed by atoms with Crippen molar-refractivity contribution < 1.29 is 9.53 Å². The number of hydrogen-bond acceptors (Lipinski definition) is 3. The molecule has 18 heavy (non-hydrogen) atoms. The molecule has 0 fully saturated rings. The van der Waals surface area contributed by atoms with E-state index in [0.717, 1.165) is 17.7 Å². The molecule has 1 atom stereocenters. The van der Waals surface area contributed by atoms with Gasteiger partial charge in [0.05, 0.1) is 12.7 Å². The van der Waals surface area contributed by atoms with Crippen molar-refractivity contribution in [2.24, 2.45) is 5.92 Å². The van der Waals surface area contributed by atoms with Crippen LogP contribution >= 0.6 is 0 Å². The topological polar surface area (TPSA) is 38.3 Å². The van der Waals surface area contributed by atoms with Crippen LogP contribution < -0.4 is 10.1 Å². The number of Topliss-reactive ketones (excluding diaryl/α,β-unsaturated/α-hetero) is 1. The van der Waals surface area contributed by atoms with Gasteiger partial charge in [-0.1, -0.05) is 19.9 Å². The Labute approximate surface area is 110 Å². The second kappa shape index (κ2) is 6.55. The van der Waals surface area contributed by atoms with Crippen molar-refractivity contribution in [2.45, 2.75) is 27.7 Å². The Kier molecular flexibility index (Phi) is 5.35. The van der Waals surface area contributed by atoms with E-state index >= 15 is 0 Å². The van der Waals surface area contributed by atoms with Crippen LogP contribution in [-0.4, -0.2) is 26.0 Å². The van der Waals surface area contributed by atoms with Gasteiger partial charge >= 0.3 is 0 Å². The van der Waals surface area contributed by atoms with Gasteiger partial charge in [-0.15, -0.1) is 0 Å². The lowest BCUT2D eigenvalue weighted by Crippen LogP contribution is -2.27. The Hall–Kier alpha value is -1.35. The van der Waals surface area contributed by atoms with E-state index in [2.05, 4.69) is 5.32 Å². The molecule has 0 heterocycles. The third-order valence-corrected chi connectivity index (χ3v) is 3.06. The summed E-state index contributed by atoms with van der Waals surface area (Å²) in [6, 6.07) is 3.94. The number of rotatable bonds is 6. The molecule has 0 aromatic heterocycles. The maximum absolute atomic E-state index is 12.4. The van der Waals surface area contributed by atoms with E-state index in [0.29, 0.717) is 17.9 Å². The van der Waals surface area contributed by atoms with Crippen LogP contribution in [0.4, 0.5) is 0 Å². The minimum absolute atomic E-state index is 0.0414. The van der Waals surface area contributed by atoms with Crippen LogP contribution in [0.5, 0.6) is 5.75 Å². The molecule has 1 aromatic carbocycles. The second-order valence-corrected chi connectivity index (χ2v) is 4.73. The van der Waals surface area contributed by atoms with Crippen molar-refractivity contribution >= 4 is 5.78 Å². The van der Waals surface area contributed by atoms with Crippen molar-refractivity contribution in [1.82, 2.24) is 5.32 Å². The fourth-order valence-corrected chi connectivity index (χ4v) is 2.11. The first-order valence-corrected chi connectivity index (χ1v) is 6.41. The zero-order valence-corrected chi connectivity index (χ0v) is 12.0. The fourth-order valence-electron chi connectivity index (χ4n) is 2.11. The summed E-state index contributed by atoms with van der Waals surface area (Å²) < 4.78 is 5.34. The molecule has 3 heteroatoms. The molecule has 0 saturated carbocycles. The quantitative estimate of drug-likeness (QED) is 0.788. The van der Waals surface area contributed by atoms with Gasteiger partial charge in [-0.25, -0.2) is 0 Å². The Morgan fingerprint density at radius 2 is 2.06 bits per heavy atom. The van der Waals surface area contributed by atoms with Crippen LogP contribution in [0, 0.1) is 19.8 Å². The molecule has 0 amide bonds. The van der Waals surface area contributed by atoms with E-state index in [9.17, 15) is 4.79 Å². The van der Waals surface area contributed by atoms with E-state index < -0.39 is 0 Å². The smallest absolute Gasteiger partial charge is 0.170 e. The lowest BCUT2D eigenvalue weighted by Gasteiger charge is -2.16. The number of carbonyl (C=O) groups excluding carboxylic acids is 1. The van der Waals surface area contributed by atoms with E-state index in [4.69, 9.17) is 4.74 Å². The molecule has 0 aliphatic heterocycles. The molecule has 1 unspecified atom stereocenters. The van der Waals surface area contributed by atoms with Gasteiger partial charge in [-0.3, -0.25) is 4.79 Å². The van der Waals surface area contributed by atoms with Gasteiger partial charge < -0.3 is 10.1 Å². The lowest BCUT2D eigenvalue weighted by molar-refractivity contribution is 0.0925. The van der Waals surface area contributed by atoms with Crippen molar-refractivity contribution in [1.29, 1.82) is 0 Å². The summed E-state index contributed by atoms with van der Waals surface area (Å²) >= 11 is 0. The second-order valence-electron chi connectivity index (χ2n) is 4.73. The van der Waals surface area contributed by atoms with E-state index in [1.807, 2.05) is 39.8 Å². The number of methoxy groups -OCH3 is 1. The van der Waals surface area contributed by atoms with Crippen LogP contribution in [0.1, 0.15) is 35.3 Å². The number of ether oxygens (including phenoxy) is 1. The molecule has 1 aromatic rings. The van der Waals surface area contributed by atoms with Gasteiger partial charge in [0.1, 0.15) is 5.75 Å². The van der Waals surface area contributed by atoms with Crippen LogP contribution in [0.15, 0.2) is 12.1 Å². The fraction of sp³-hybridized carbons (Fsp3) is 0.533. The van der Waals surface area contributed by atoms with E-state index in [1.165, 1.54) is 0 Å². The SMILES string of the molecule is CCNCC(C)C(=O)c1c(C)cc(C)cc1OC. The highest BCUT2D eigenvalue weighted by atomic mass is 16.5. The van der Waals surface area contributed by atoms with Crippen molar-refractivity contribution in [3.8, 4) is 5.75 Å². The van der Waals surface area contributed by atoms with E-state index in [-0.39, 0.29) is 11.7 Å². The van der Waals surface area contributed by atoms with Gasteiger partial charge in [0.25, 0.3) is 0 Å². The molecule has 0 aliphatic rings. The highest BCUT2D eigenvalue weighted by Crippen LogP contribution is 2.26. The number of nitrogens with one attached hydrogen (secondary N) is 1. The Morgan fingerprint density at radius 3 is 2.61 bits per heavy atom. The summed E-state index contributed by atoms with van der Waals surface area (Å²) in [5, 5.41) is 3.21. The monoisotopic (exact) mass is 249 g/mol. The Morgan fingerprint density at radius 1 is 1.39 bits per heavy atom. The number of aryl methyl sites for hydroxylation is 2. The number of hydrogen-bond donors (Lipinski definition) is 1. The van der Waals surface area contributed by atoms with Gasteiger partial charge in [-0.2, -0.15) is 0 Å². The average molecular weight is 249 g/mol. The Bertz CT molecular complexity index is 427. The van der Waals surface area contributed by atoms with Gasteiger partial charge in [0.2, 0.25) is 0 Å². The highest BCUT2D eigenvalue weighted by molar-refractivity contribution is 6.01. The normalized spacial score (nSPS) is 12.3. The molecule has 3 nitrogen and oxygen atoms in total. The lowest BCUT2D eigenvalue weighted by atomic mass is 9.93. The summed E-state index contributed by atoms with van der Waals surface area (Å²) in [5.74, 6) is 0.784. The minimum atomic E-state index is -0.0414. The summed E-state index contributed by atoms with van der Waals surface area (Å²) in [6.07, 6.45) is 0. The maximum Gasteiger partial charge on any atom is 0.170 e. The maximum atomic E-state index is 12.4. The first kappa shape index (κ1) is 14.7. The number of ketones is 1. The zero-order chi connectivity index (χ0) is 13.7. The van der Waals surface area contributed by atoms with Gasteiger partial charge in [0.15, 0.2) is 5.78 Å². The highest BCUT2D eigenvalue weighted by Gasteiger charge is 2.21. The van der Waals surface area contributed by atoms with Gasteiger partial charge in [0, 0.05) is 12.5 Å². The largest absolute Gasteiger partial charge is 0.496 e. The third kappa shape index (κ3) is 3.33. The molecule has 0 radical (unpaired) electrons. The number of benzene rings is 1. The summed E-state index contributed by atoms with van der Waals surface area (Å²) in [4.78, 5) is 12.4. The molecule has 100 valence electrons. The zero-order valence-electron chi connectivity index (χ0n) is 12.0. The van der Waals surface area contributed by atoms with E-state index in [1.54, 1.807) is 7.11 Å². The summed E-state index contributed by atoms with van der Waals surface area (Å²) in [7, 11) is 1.61. The van der Waals surface area contributed by atoms with Crippen LogP contribution in [0.3, 0.4) is 0 Å². The standard InChI is InChI=1S/C15H23NO2/c1-6-16-9-12(4)15(17)14-11(3)7-10(2)8-13(14)18-5/h7-8,12,16H,6,9H2,1-5H3. The predicted octanol–water partition coefficient (Wildman–Crippen LogP) is 2.74. The van der Waals surface area contributed by atoms with Crippen LogP contribution in [0.2, 0.25) is 0 Å². The molecular weight excluding hydrogens is 226 g/mol. The van der Waals surface area contributed by atoms with Crippen LogP contribution in [0.25, 0.3) is 0 Å². The van der Waals surface area contributed by atoms with Crippen molar-refractivity contribution in [2.75, 3.05) is 20.2 Å². The molecule has 1 rings (SSSR count). The summed E-state index contributed by atoms with van der Waals surface area (Å²) in [6.45, 7) is 9.53. The molecule has 0 aliphatic carbocycles. The molecule has 0 bridgehead atoms. The average Bonchev–Trinajstić information content (AvgIpc) is 2.34. The first-order chi connectivity index (χ1) is 8.51. The first-order valence-electron chi connectivity index (χ1n) is 6.41. The van der Waals surface area contributed by atoms with Crippen LogP contribution in [-0.2, 0) is 0 Å². The van der Waals surface area contributed by atoms with Crippen molar-refractivity contribution in [3.63, 3.8) is 0 Å². The minimum Gasteiger partial charge on any atom is -0.496 e. The molecule has 0 spiro atoms. The number of carbonyl (C=O) groups is 1. The third-order valence-electron chi connectivity index (χ3n) is 3.06.